The van der Waals surface area contributed by atoms with Crippen LogP contribution in [0, 0.1) is 5.82 Å². The van der Waals surface area contributed by atoms with Crippen molar-refractivity contribution in [3.8, 4) is 5.75 Å². The van der Waals surface area contributed by atoms with E-state index in [1.54, 1.807) is 6.07 Å². The normalized spacial score (nSPS) is 18.6. The molecule has 0 aliphatic carbocycles. The van der Waals surface area contributed by atoms with E-state index in [1.807, 2.05) is 13.8 Å². The first-order valence-corrected chi connectivity index (χ1v) is 6.99. The van der Waals surface area contributed by atoms with E-state index >= 15 is 0 Å². The first-order valence-electron chi connectivity index (χ1n) is 6.99. The van der Waals surface area contributed by atoms with Gasteiger partial charge >= 0.3 is 0 Å². The Labute approximate surface area is 128 Å². The molecule has 1 aromatic carbocycles. The van der Waals surface area contributed by atoms with Crippen LogP contribution in [0.15, 0.2) is 30.9 Å². The lowest BCUT2D eigenvalue weighted by Crippen LogP contribution is -2.44. The molecule has 0 aromatic heterocycles. The monoisotopic (exact) mass is 306 g/mol. The minimum Gasteiger partial charge on any atom is -0.487 e. The molecular weight excluding hydrogens is 287 g/mol. The lowest BCUT2D eigenvalue weighted by atomic mass is 9.89. The van der Waals surface area contributed by atoms with E-state index in [2.05, 4.69) is 17.2 Å². The van der Waals surface area contributed by atoms with Gasteiger partial charge in [0.25, 0.3) is 0 Å². The summed E-state index contributed by atoms with van der Waals surface area (Å²) in [6.45, 7) is 6.95. The van der Waals surface area contributed by atoms with Crippen molar-refractivity contribution in [1.82, 2.24) is 10.6 Å². The second kappa shape index (κ2) is 6.17. The number of halogens is 1. The summed E-state index contributed by atoms with van der Waals surface area (Å²) in [4.78, 5) is 23.0. The molecule has 1 heterocycles. The number of amides is 2. The van der Waals surface area contributed by atoms with E-state index in [0.29, 0.717) is 17.7 Å². The smallest absolute Gasteiger partial charge is 0.243 e. The van der Waals surface area contributed by atoms with Crippen molar-refractivity contribution >= 4 is 11.8 Å². The summed E-state index contributed by atoms with van der Waals surface area (Å²) in [6, 6.07) is 3.87. The van der Waals surface area contributed by atoms with E-state index < -0.39 is 11.5 Å². The van der Waals surface area contributed by atoms with Gasteiger partial charge in [0.2, 0.25) is 11.8 Å². The maximum absolute atomic E-state index is 13.5. The Bertz CT molecular complexity index is 613. The minimum absolute atomic E-state index is 0.159. The van der Waals surface area contributed by atoms with Gasteiger partial charge in [-0.1, -0.05) is 6.58 Å². The van der Waals surface area contributed by atoms with Crippen LogP contribution in [0.5, 0.6) is 5.75 Å². The Morgan fingerprint density at radius 3 is 2.91 bits per heavy atom. The minimum atomic E-state index is -0.479. The third-order valence-corrected chi connectivity index (χ3v) is 3.37. The Morgan fingerprint density at radius 2 is 2.23 bits per heavy atom. The number of rotatable bonds is 4. The molecule has 1 atom stereocenters. The van der Waals surface area contributed by atoms with Crippen LogP contribution < -0.4 is 15.4 Å². The Kier molecular flexibility index (Phi) is 4.49. The summed E-state index contributed by atoms with van der Waals surface area (Å²) in [7, 11) is 0. The topological polar surface area (TPSA) is 67.4 Å². The summed E-state index contributed by atoms with van der Waals surface area (Å²) in [5.41, 5.74) is 0.121. The third-order valence-electron chi connectivity index (χ3n) is 3.37. The van der Waals surface area contributed by atoms with Crippen LogP contribution in [0.3, 0.4) is 0 Å². The fourth-order valence-corrected chi connectivity index (χ4v) is 2.44. The average Bonchev–Trinajstić information content (AvgIpc) is 2.44. The lowest BCUT2D eigenvalue weighted by Gasteiger charge is -2.37. The van der Waals surface area contributed by atoms with Crippen molar-refractivity contribution in [2.24, 2.45) is 0 Å². The van der Waals surface area contributed by atoms with Crippen LogP contribution in [0.25, 0.3) is 0 Å². The van der Waals surface area contributed by atoms with Gasteiger partial charge in [-0.2, -0.15) is 0 Å². The number of carbonyl (C=O) groups is 2. The first kappa shape index (κ1) is 16.0. The van der Waals surface area contributed by atoms with Crippen molar-refractivity contribution in [3.63, 3.8) is 0 Å². The molecule has 6 heteroatoms. The van der Waals surface area contributed by atoms with Gasteiger partial charge in [0.1, 0.15) is 17.2 Å². The number of carbonyl (C=O) groups excluding carboxylic acids is 2. The molecule has 0 bridgehead atoms. The van der Waals surface area contributed by atoms with Gasteiger partial charge in [-0.15, -0.1) is 0 Å². The predicted octanol–water partition coefficient (Wildman–Crippen LogP) is 1.85. The first-order chi connectivity index (χ1) is 10.3. The molecule has 118 valence electrons. The average molecular weight is 306 g/mol. The summed E-state index contributed by atoms with van der Waals surface area (Å²) < 4.78 is 19.3. The number of fused-ring (bicyclic) bond motifs is 1. The molecule has 0 spiro atoms. The fourth-order valence-electron chi connectivity index (χ4n) is 2.44. The van der Waals surface area contributed by atoms with Crippen molar-refractivity contribution in [2.75, 3.05) is 6.54 Å². The van der Waals surface area contributed by atoms with Crippen LogP contribution >= 0.6 is 0 Å². The SMILES string of the molecule is C=CC(=O)NCC(=O)N[C@@H]1CC(C)(C)Oc2ccc(F)cc21. The highest BCUT2D eigenvalue weighted by molar-refractivity contribution is 5.90. The molecule has 0 fully saturated rings. The molecule has 0 saturated carbocycles. The van der Waals surface area contributed by atoms with Crippen molar-refractivity contribution in [2.45, 2.75) is 31.9 Å². The molecule has 5 nitrogen and oxygen atoms in total. The van der Waals surface area contributed by atoms with Crippen LogP contribution in [0.4, 0.5) is 4.39 Å². The summed E-state index contributed by atoms with van der Waals surface area (Å²) in [6.07, 6.45) is 1.60. The van der Waals surface area contributed by atoms with Gasteiger partial charge in [-0.25, -0.2) is 4.39 Å². The molecule has 2 N–H and O–H groups in total. The predicted molar refractivity (Wildman–Crippen MR) is 79.8 cm³/mol. The number of ether oxygens (including phenoxy) is 1. The summed E-state index contributed by atoms with van der Waals surface area (Å²) >= 11 is 0. The molecule has 0 saturated heterocycles. The number of hydrogen-bond donors (Lipinski definition) is 2. The molecule has 22 heavy (non-hydrogen) atoms. The molecule has 0 unspecified atom stereocenters. The quantitative estimate of drug-likeness (QED) is 0.834. The van der Waals surface area contributed by atoms with Crippen LogP contribution in [0.2, 0.25) is 0 Å². The molecule has 0 radical (unpaired) electrons. The number of nitrogens with one attached hydrogen (secondary N) is 2. The van der Waals surface area contributed by atoms with E-state index in [-0.39, 0.29) is 24.3 Å². The van der Waals surface area contributed by atoms with E-state index in [1.165, 1.54) is 12.1 Å². The molecule has 1 aliphatic heterocycles. The molecule has 1 aromatic rings. The van der Waals surface area contributed by atoms with Crippen LogP contribution in [-0.4, -0.2) is 24.0 Å². The van der Waals surface area contributed by atoms with Crippen molar-refractivity contribution in [3.05, 3.63) is 42.2 Å². The van der Waals surface area contributed by atoms with E-state index in [4.69, 9.17) is 4.74 Å². The van der Waals surface area contributed by atoms with E-state index in [9.17, 15) is 14.0 Å². The lowest BCUT2D eigenvalue weighted by molar-refractivity contribution is -0.124. The maximum Gasteiger partial charge on any atom is 0.243 e. The van der Waals surface area contributed by atoms with Gasteiger partial charge in [-0.3, -0.25) is 9.59 Å². The van der Waals surface area contributed by atoms with Gasteiger partial charge in [-0.05, 0) is 38.1 Å². The highest BCUT2D eigenvalue weighted by atomic mass is 19.1. The Balaban J connectivity index is 2.13. The zero-order valence-corrected chi connectivity index (χ0v) is 12.6. The molecule has 2 amide bonds. The maximum atomic E-state index is 13.5. The highest BCUT2D eigenvalue weighted by Crippen LogP contribution is 2.39. The second-order valence-electron chi connectivity index (χ2n) is 5.79. The Morgan fingerprint density at radius 1 is 1.50 bits per heavy atom. The van der Waals surface area contributed by atoms with Gasteiger partial charge < -0.3 is 15.4 Å². The van der Waals surface area contributed by atoms with Crippen molar-refractivity contribution in [1.29, 1.82) is 0 Å². The Hall–Kier alpha value is -2.37. The zero-order chi connectivity index (χ0) is 16.3. The van der Waals surface area contributed by atoms with Crippen LogP contribution in [-0.2, 0) is 9.59 Å². The van der Waals surface area contributed by atoms with Crippen LogP contribution in [0.1, 0.15) is 31.9 Å². The fraction of sp³-hybridized carbons (Fsp3) is 0.375. The highest BCUT2D eigenvalue weighted by Gasteiger charge is 2.34. The molecular formula is C16H19FN2O3. The standard InChI is InChI=1S/C16H19FN2O3/c1-4-14(20)18-9-15(21)19-12-8-16(2,3)22-13-6-5-10(17)7-11(12)13/h4-7,12H,1,8-9H2,2-3H3,(H,18,20)(H,19,21)/t12-/m1/s1. The largest absolute Gasteiger partial charge is 0.487 e. The zero-order valence-electron chi connectivity index (χ0n) is 12.6. The summed E-state index contributed by atoms with van der Waals surface area (Å²) in [5.74, 6) is -0.610. The number of hydrogen-bond acceptors (Lipinski definition) is 3. The second-order valence-corrected chi connectivity index (χ2v) is 5.79. The van der Waals surface area contributed by atoms with Gasteiger partial charge in [0, 0.05) is 12.0 Å². The molecule has 1 aliphatic rings. The van der Waals surface area contributed by atoms with Gasteiger partial charge in [0.15, 0.2) is 0 Å². The summed E-state index contributed by atoms with van der Waals surface area (Å²) in [5, 5.41) is 5.21. The number of benzene rings is 1. The van der Waals surface area contributed by atoms with Crippen molar-refractivity contribution < 1.29 is 18.7 Å². The van der Waals surface area contributed by atoms with Gasteiger partial charge in [0.05, 0.1) is 12.6 Å². The third kappa shape index (κ3) is 3.84. The molecule has 2 rings (SSSR count). The van der Waals surface area contributed by atoms with E-state index in [0.717, 1.165) is 6.08 Å².